The predicted molar refractivity (Wildman–Crippen MR) is 142 cm³/mol. The van der Waals surface area contributed by atoms with Crippen LogP contribution in [0.5, 0.6) is 5.75 Å². The molecule has 0 spiro atoms. The maximum atomic E-state index is 12.2. The van der Waals surface area contributed by atoms with Gasteiger partial charge in [0.25, 0.3) is 0 Å². The molecule has 0 bridgehead atoms. The number of nitrogens with one attached hydrogen (secondary N) is 2. The zero-order chi connectivity index (χ0) is 26.8. The molecule has 0 aliphatic rings. The van der Waals surface area contributed by atoms with E-state index in [1.807, 2.05) is 14.1 Å². The SMILES string of the molecule is CN(C)c1ncc(NC(=S)N/N=C/c2ccc(C(N)=NC=Nc3ccc(OC(F)(F)F)cc3)cc2)cn1. The zero-order valence-corrected chi connectivity index (χ0v) is 20.5. The number of thiocarbonyl (C=S) groups is 1. The van der Waals surface area contributed by atoms with Crippen LogP contribution >= 0.6 is 12.2 Å². The highest BCUT2D eigenvalue weighted by atomic mass is 32.1. The Labute approximate surface area is 215 Å². The quantitative estimate of drug-likeness (QED) is 0.174. The summed E-state index contributed by atoms with van der Waals surface area (Å²) in [7, 11) is 3.69. The number of benzene rings is 2. The van der Waals surface area contributed by atoms with Gasteiger partial charge in [0.15, 0.2) is 5.11 Å². The summed E-state index contributed by atoms with van der Waals surface area (Å²) in [6.45, 7) is 0. The van der Waals surface area contributed by atoms with E-state index in [0.717, 1.165) is 17.7 Å². The van der Waals surface area contributed by atoms with Gasteiger partial charge in [0, 0.05) is 19.7 Å². The van der Waals surface area contributed by atoms with Crippen LogP contribution in [0.2, 0.25) is 0 Å². The summed E-state index contributed by atoms with van der Waals surface area (Å²) in [6, 6.07) is 12.1. The third kappa shape index (κ3) is 9.18. The highest BCUT2D eigenvalue weighted by Gasteiger charge is 2.30. The molecule has 0 aliphatic carbocycles. The van der Waals surface area contributed by atoms with Crippen molar-refractivity contribution in [3.8, 4) is 5.75 Å². The Balaban J connectivity index is 1.49. The molecule has 2 aromatic carbocycles. The molecule has 0 saturated carbocycles. The minimum Gasteiger partial charge on any atom is -0.406 e. The van der Waals surface area contributed by atoms with Crippen LogP contribution in [0, 0.1) is 0 Å². The molecule has 37 heavy (non-hydrogen) atoms. The Morgan fingerprint density at radius 3 is 2.30 bits per heavy atom. The average molecular weight is 530 g/mol. The summed E-state index contributed by atoms with van der Waals surface area (Å²) in [6.07, 6.45) is 1.25. The van der Waals surface area contributed by atoms with Crippen LogP contribution in [0.4, 0.5) is 30.5 Å². The van der Waals surface area contributed by atoms with E-state index in [4.69, 9.17) is 18.0 Å². The van der Waals surface area contributed by atoms with Crippen LogP contribution in [-0.4, -0.2) is 53.9 Å². The second-order valence-corrected chi connectivity index (χ2v) is 7.82. The summed E-state index contributed by atoms with van der Waals surface area (Å²) in [5.41, 5.74) is 11.1. The molecule has 0 saturated heterocycles. The molecule has 1 heterocycles. The van der Waals surface area contributed by atoms with Gasteiger partial charge < -0.3 is 20.7 Å². The normalized spacial score (nSPS) is 12.1. The van der Waals surface area contributed by atoms with Crippen LogP contribution in [0.3, 0.4) is 0 Å². The van der Waals surface area contributed by atoms with E-state index in [2.05, 4.69) is 40.5 Å². The molecule has 0 fully saturated rings. The number of ether oxygens (including phenoxy) is 1. The Morgan fingerprint density at radius 1 is 1.05 bits per heavy atom. The molecular formula is C23H22F3N9OS. The van der Waals surface area contributed by atoms with Gasteiger partial charge in [-0.25, -0.2) is 20.0 Å². The van der Waals surface area contributed by atoms with Crippen molar-refractivity contribution in [2.75, 3.05) is 24.3 Å². The number of hydrazone groups is 1. The Hall–Kier alpha value is -4.59. The number of aliphatic imine (C=N–C) groups is 2. The summed E-state index contributed by atoms with van der Waals surface area (Å²) >= 11 is 5.20. The molecule has 10 nitrogen and oxygen atoms in total. The van der Waals surface area contributed by atoms with Crippen molar-refractivity contribution in [3.63, 3.8) is 0 Å². The number of hydrogen-bond donors (Lipinski definition) is 3. The molecule has 4 N–H and O–H groups in total. The number of anilines is 2. The number of aromatic nitrogens is 2. The minimum atomic E-state index is -4.75. The van der Waals surface area contributed by atoms with E-state index in [-0.39, 0.29) is 16.7 Å². The van der Waals surface area contributed by atoms with Crippen molar-refractivity contribution in [2.24, 2.45) is 20.8 Å². The van der Waals surface area contributed by atoms with Crippen molar-refractivity contribution < 1.29 is 17.9 Å². The van der Waals surface area contributed by atoms with E-state index >= 15 is 0 Å². The highest BCUT2D eigenvalue weighted by molar-refractivity contribution is 7.80. The fraction of sp³-hybridized carbons (Fsp3) is 0.130. The van der Waals surface area contributed by atoms with Gasteiger partial charge >= 0.3 is 6.36 Å². The van der Waals surface area contributed by atoms with Crippen LogP contribution in [0.25, 0.3) is 0 Å². The first-order valence-electron chi connectivity index (χ1n) is 10.5. The third-order valence-corrected chi connectivity index (χ3v) is 4.55. The minimum absolute atomic E-state index is 0.204. The van der Waals surface area contributed by atoms with Crippen molar-refractivity contribution in [1.82, 2.24) is 15.4 Å². The molecule has 0 aliphatic heterocycles. The first-order valence-corrected chi connectivity index (χ1v) is 10.9. The number of nitrogens with two attached hydrogens (primary N) is 1. The Morgan fingerprint density at radius 2 is 1.70 bits per heavy atom. The van der Waals surface area contributed by atoms with Gasteiger partial charge in [-0.15, -0.1) is 13.2 Å². The van der Waals surface area contributed by atoms with Crippen molar-refractivity contribution in [2.45, 2.75) is 6.36 Å². The molecule has 0 amide bonds. The average Bonchev–Trinajstić information content (AvgIpc) is 2.85. The molecular weight excluding hydrogens is 507 g/mol. The molecule has 0 radical (unpaired) electrons. The number of hydrogen-bond acceptors (Lipinski definition) is 7. The summed E-state index contributed by atoms with van der Waals surface area (Å²) in [5, 5.41) is 7.28. The maximum Gasteiger partial charge on any atom is 0.573 e. The van der Waals surface area contributed by atoms with Gasteiger partial charge in [-0.2, -0.15) is 5.10 Å². The van der Waals surface area contributed by atoms with Gasteiger partial charge in [-0.1, -0.05) is 24.3 Å². The molecule has 3 aromatic rings. The lowest BCUT2D eigenvalue weighted by atomic mass is 10.1. The van der Waals surface area contributed by atoms with Crippen LogP contribution in [0.1, 0.15) is 11.1 Å². The van der Waals surface area contributed by atoms with Crippen molar-refractivity contribution >= 4 is 53.0 Å². The van der Waals surface area contributed by atoms with Crippen LogP contribution < -0.4 is 26.1 Å². The smallest absolute Gasteiger partial charge is 0.406 e. The van der Waals surface area contributed by atoms with E-state index in [0.29, 0.717) is 22.9 Å². The highest BCUT2D eigenvalue weighted by Crippen LogP contribution is 2.24. The van der Waals surface area contributed by atoms with E-state index in [9.17, 15) is 13.2 Å². The number of rotatable bonds is 8. The lowest BCUT2D eigenvalue weighted by Crippen LogP contribution is -2.24. The predicted octanol–water partition coefficient (Wildman–Crippen LogP) is 3.83. The van der Waals surface area contributed by atoms with Gasteiger partial charge in [0.05, 0.1) is 30.0 Å². The number of amidine groups is 1. The van der Waals surface area contributed by atoms with Crippen LogP contribution in [-0.2, 0) is 0 Å². The third-order valence-electron chi connectivity index (χ3n) is 4.36. The molecule has 0 atom stereocenters. The first-order chi connectivity index (χ1) is 17.6. The van der Waals surface area contributed by atoms with Crippen molar-refractivity contribution in [1.29, 1.82) is 0 Å². The topological polar surface area (TPSA) is 125 Å². The van der Waals surface area contributed by atoms with Gasteiger partial charge in [-0.05, 0) is 42.0 Å². The zero-order valence-electron chi connectivity index (χ0n) is 19.6. The number of halogens is 3. The first kappa shape index (κ1) is 27.0. The molecule has 3 rings (SSSR count). The monoisotopic (exact) mass is 529 g/mol. The molecule has 192 valence electrons. The Kier molecular flexibility index (Phi) is 9.05. The second-order valence-electron chi connectivity index (χ2n) is 7.41. The standard InChI is InChI=1S/C23H22F3N9OS/c1-35(2)21-28-12-18(13-29-21)33-22(37)34-32-11-15-3-5-16(6-4-15)20(27)31-14-30-17-7-9-19(10-8-17)36-23(24,25)26/h3-14H,1-2H3,(H2,27,30,31)(H2,33,34,37)/b32-11+. The maximum absolute atomic E-state index is 12.2. The lowest BCUT2D eigenvalue weighted by molar-refractivity contribution is -0.274. The fourth-order valence-electron chi connectivity index (χ4n) is 2.65. The number of nitrogens with zero attached hydrogens (tertiary/aromatic N) is 6. The van der Waals surface area contributed by atoms with Gasteiger partial charge in [-0.3, -0.25) is 5.43 Å². The van der Waals surface area contributed by atoms with E-state index in [1.165, 1.54) is 18.5 Å². The summed E-state index contributed by atoms with van der Waals surface area (Å²) in [4.78, 5) is 18.2. The molecule has 14 heteroatoms. The summed E-state index contributed by atoms with van der Waals surface area (Å²) < 4.78 is 40.4. The van der Waals surface area contributed by atoms with Gasteiger partial charge in [0.2, 0.25) is 5.95 Å². The Bertz CT molecular complexity index is 1270. The van der Waals surface area contributed by atoms with Crippen molar-refractivity contribution in [3.05, 3.63) is 72.1 Å². The molecule has 1 aromatic heterocycles. The van der Waals surface area contributed by atoms with E-state index in [1.54, 1.807) is 47.8 Å². The van der Waals surface area contributed by atoms with E-state index < -0.39 is 6.36 Å². The number of alkyl halides is 3. The second kappa shape index (κ2) is 12.4. The fourth-order valence-corrected chi connectivity index (χ4v) is 2.82. The van der Waals surface area contributed by atoms with Crippen LogP contribution in [0.15, 0.2) is 76.0 Å². The largest absolute Gasteiger partial charge is 0.573 e. The lowest BCUT2D eigenvalue weighted by Gasteiger charge is -2.10. The summed E-state index contributed by atoms with van der Waals surface area (Å²) in [5.74, 6) is 0.447. The molecule has 0 unspecified atom stereocenters. The van der Waals surface area contributed by atoms with Gasteiger partial charge in [0.1, 0.15) is 17.9 Å².